The van der Waals surface area contributed by atoms with Crippen LogP contribution >= 0.6 is 0 Å². The predicted octanol–water partition coefficient (Wildman–Crippen LogP) is 3.63. The van der Waals surface area contributed by atoms with Gasteiger partial charge >= 0.3 is 0 Å². The lowest BCUT2D eigenvalue weighted by Gasteiger charge is -2.27. The molecule has 3 heteroatoms. The van der Waals surface area contributed by atoms with Gasteiger partial charge in [-0.05, 0) is 37.1 Å². The van der Waals surface area contributed by atoms with Crippen LogP contribution in [0.2, 0.25) is 0 Å². The molecule has 0 saturated carbocycles. The number of rotatable bonds is 5. The van der Waals surface area contributed by atoms with E-state index < -0.39 is 11.6 Å². The van der Waals surface area contributed by atoms with Gasteiger partial charge in [0, 0.05) is 6.21 Å². The third-order valence-electron chi connectivity index (χ3n) is 3.42. The lowest BCUT2D eigenvalue weighted by Crippen LogP contribution is -2.27. The van der Waals surface area contributed by atoms with E-state index in [0.717, 1.165) is 16.9 Å². The molecule has 2 aromatic rings. The molecule has 0 spiro atoms. The lowest BCUT2D eigenvalue weighted by molar-refractivity contribution is 0.106. The normalized spacial score (nSPS) is 13.3. The van der Waals surface area contributed by atoms with Crippen LogP contribution < -0.4 is 4.74 Å². The molecular formula is C18H21NO2. The first-order chi connectivity index (χ1) is 10.0. The van der Waals surface area contributed by atoms with E-state index in [-0.39, 0.29) is 0 Å². The first kappa shape index (κ1) is 15.3. The summed E-state index contributed by atoms with van der Waals surface area (Å²) in [6.45, 7) is 3.83. The van der Waals surface area contributed by atoms with Crippen molar-refractivity contribution in [2.24, 2.45) is 4.99 Å². The Balaban J connectivity index is 2.19. The number of nitrogens with zero attached hydrogens (tertiary/aromatic N) is 1. The summed E-state index contributed by atoms with van der Waals surface area (Å²) in [5, 5.41) is 10.6. The molecule has 21 heavy (non-hydrogen) atoms. The molecule has 0 aliphatic carbocycles. The molecule has 0 bridgehead atoms. The topological polar surface area (TPSA) is 41.8 Å². The van der Waals surface area contributed by atoms with Crippen molar-refractivity contribution in [3.05, 3.63) is 65.7 Å². The minimum Gasteiger partial charge on any atom is -0.497 e. The Labute approximate surface area is 125 Å². The van der Waals surface area contributed by atoms with Gasteiger partial charge in [-0.15, -0.1) is 0 Å². The fourth-order valence-electron chi connectivity index (χ4n) is 2.07. The molecular weight excluding hydrogens is 262 g/mol. The molecule has 1 N–H and O–H groups in total. The number of hydrogen-bond donors (Lipinski definition) is 1. The molecule has 0 heterocycles. The Morgan fingerprint density at radius 2 is 1.81 bits per heavy atom. The maximum Gasteiger partial charge on any atom is 0.119 e. The van der Waals surface area contributed by atoms with E-state index in [1.807, 2.05) is 68.4 Å². The Kier molecular flexibility index (Phi) is 4.76. The molecule has 0 aliphatic rings. The molecule has 1 atom stereocenters. The molecule has 110 valence electrons. The van der Waals surface area contributed by atoms with E-state index in [0.29, 0.717) is 0 Å². The van der Waals surface area contributed by atoms with Gasteiger partial charge in [-0.2, -0.15) is 0 Å². The zero-order valence-electron chi connectivity index (χ0n) is 12.7. The number of ether oxygens (including phenoxy) is 1. The Morgan fingerprint density at radius 3 is 2.48 bits per heavy atom. The van der Waals surface area contributed by atoms with Crippen molar-refractivity contribution in [1.82, 2.24) is 0 Å². The number of methoxy groups -OCH3 is 1. The molecule has 3 nitrogen and oxygen atoms in total. The number of aliphatic hydroxyl groups excluding tert-OH is 1. The first-order valence-electron chi connectivity index (χ1n) is 6.95. The molecule has 0 fully saturated rings. The Morgan fingerprint density at radius 1 is 1.10 bits per heavy atom. The van der Waals surface area contributed by atoms with Gasteiger partial charge in [0.25, 0.3) is 0 Å². The average Bonchev–Trinajstić information content (AvgIpc) is 2.53. The minimum absolute atomic E-state index is 0.623. The summed E-state index contributed by atoms with van der Waals surface area (Å²) < 4.78 is 5.20. The largest absolute Gasteiger partial charge is 0.497 e. The second-order valence-electron chi connectivity index (χ2n) is 5.50. The molecule has 0 saturated heterocycles. The third-order valence-corrected chi connectivity index (χ3v) is 3.42. The first-order valence-corrected chi connectivity index (χ1v) is 6.95. The van der Waals surface area contributed by atoms with E-state index in [2.05, 4.69) is 4.99 Å². The zero-order valence-corrected chi connectivity index (χ0v) is 12.7. The van der Waals surface area contributed by atoms with Crippen LogP contribution in [-0.2, 0) is 0 Å². The van der Waals surface area contributed by atoms with Crippen molar-refractivity contribution in [2.45, 2.75) is 25.5 Å². The van der Waals surface area contributed by atoms with Gasteiger partial charge in [0.1, 0.15) is 11.9 Å². The summed E-state index contributed by atoms with van der Waals surface area (Å²) in [7, 11) is 1.62. The van der Waals surface area contributed by atoms with Gasteiger partial charge in [-0.1, -0.05) is 42.5 Å². The smallest absolute Gasteiger partial charge is 0.119 e. The SMILES string of the molecule is COc1cccc(C(O)C(C)(C)N=Cc2ccccc2)c1. The maximum absolute atomic E-state index is 10.6. The summed E-state index contributed by atoms with van der Waals surface area (Å²) in [4.78, 5) is 4.54. The van der Waals surface area contributed by atoms with Crippen LogP contribution in [0, 0.1) is 0 Å². The van der Waals surface area contributed by atoms with Crippen LogP contribution in [0.1, 0.15) is 31.1 Å². The van der Waals surface area contributed by atoms with Gasteiger partial charge in [0.15, 0.2) is 0 Å². The van der Waals surface area contributed by atoms with Crippen LogP contribution in [0.15, 0.2) is 59.6 Å². The van der Waals surface area contributed by atoms with E-state index >= 15 is 0 Å². The molecule has 2 rings (SSSR count). The van der Waals surface area contributed by atoms with Crippen molar-refractivity contribution < 1.29 is 9.84 Å². The summed E-state index contributed by atoms with van der Waals surface area (Å²) in [5.74, 6) is 0.731. The lowest BCUT2D eigenvalue weighted by atomic mass is 9.92. The third kappa shape index (κ3) is 3.92. The monoisotopic (exact) mass is 283 g/mol. The number of aliphatic hydroxyl groups is 1. The van der Waals surface area contributed by atoms with E-state index in [4.69, 9.17) is 4.74 Å². The van der Waals surface area contributed by atoms with Gasteiger partial charge < -0.3 is 9.84 Å². The minimum atomic E-state index is -0.701. The Bertz CT molecular complexity index is 606. The molecule has 1 unspecified atom stereocenters. The van der Waals surface area contributed by atoms with Gasteiger partial charge in [-0.25, -0.2) is 0 Å². The zero-order chi connectivity index (χ0) is 15.3. The van der Waals surface area contributed by atoms with E-state index in [1.165, 1.54) is 0 Å². The highest BCUT2D eigenvalue weighted by Crippen LogP contribution is 2.30. The molecule has 0 amide bonds. The van der Waals surface area contributed by atoms with Crippen LogP contribution in [0.5, 0.6) is 5.75 Å². The van der Waals surface area contributed by atoms with Crippen molar-refractivity contribution in [2.75, 3.05) is 7.11 Å². The van der Waals surface area contributed by atoms with Crippen molar-refractivity contribution in [3.8, 4) is 5.75 Å². The number of hydrogen-bond acceptors (Lipinski definition) is 3. The Hall–Kier alpha value is -2.13. The van der Waals surface area contributed by atoms with Crippen LogP contribution in [0.25, 0.3) is 0 Å². The van der Waals surface area contributed by atoms with Gasteiger partial charge in [0.05, 0.1) is 12.6 Å². The van der Waals surface area contributed by atoms with Crippen LogP contribution in [-0.4, -0.2) is 24.0 Å². The molecule has 0 aromatic heterocycles. The summed E-state index contributed by atoms with van der Waals surface area (Å²) >= 11 is 0. The fourth-order valence-corrected chi connectivity index (χ4v) is 2.07. The molecule has 0 radical (unpaired) electrons. The van der Waals surface area contributed by atoms with E-state index in [1.54, 1.807) is 13.3 Å². The second-order valence-corrected chi connectivity index (χ2v) is 5.50. The number of benzene rings is 2. The summed E-state index contributed by atoms with van der Waals surface area (Å²) in [6, 6.07) is 17.3. The van der Waals surface area contributed by atoms with Crippen molar-refractivity contribution in [3.63, 3.8) is 0 Å². The fraction of sp³-hybridized carbons (Fsp3) is 0.278. The van der Waals surface area contributed by atoms with Crippen molar-refractivity contribution >= 4 is 6.21 Å². The van der Waals surface area contributed by atoms with Crippen LogP contribution in [0.4, 0.5) is 0 Å². The quantitative estimate of drug-likeness (QED) is 0.851. The predicted molar refractivity (Wildman–Crippen MR) is 86.1 cm³/mol. The summed E-state index contributed by atoms with van der Waals surface area (Å²) in [6.07, 6.45) is 1.09. The average molecular weight is 283 g/mol. The summed E-state index contributed by atoms with van der Waals surface area (Å²) in [5.41, 5.74) is 1.19. The van der Waals surface area contributed by atoms with Gasteiger partial charge in [-0.3, -0.25) is 4.99 Å². The second kappa shape index (κ2) is 6.55. The van der Waals surface area contributed by atoms with Gasteiger partial charge in [0.2, 0.25) is 0 Å². The molecule has 0 aliphatic heterocycles. The highest BCUT2D eigenvalue weighted by atomic mass is 16.5. The van der Waals surface area contributed by atoms with Crippen LogP contribution in [0.3, 0.4) is 0 Å². The molecule has 2 aromatic carbocycles. The van der Waals surface area contributed by atoms with Crippen molar-refractivity contribution in [1.29, 1.82) is 0 Å². The number of aliphatic imine (C=N–C) groups is 1. The van der Waals surface area contributed by atoms with E-state index in [9.17, 15) is 5.11 Å². The maximum atomic E-state index is 10.6. The highest BCUT2D eigenvalue weighted by Gasteiger charge is 2.28. The standard InChI is InChI=1S/C18H21NO2/c1-18(2,19-13-14-8-5-4-6-9-14)17(20)15-10-7-11-16(12-15)21-3/h4-13,17,20H,1-3H3. The highest BCUT2D eigenvalue weighted by molar-refractivity contribution is 5.79.